The van der Waals surface area contributed by atoms with Gasteiger partial charge in [-0.25, -0.2) is 4.39 Å². The summed E-state index contributed by atoms with van der Waals surface area (Å²) in [7, 11) is 0. The molecule has 0 spiro atoms. The van der Waals surface area contributed by atoms with Crippen LogP contribution in [0.5, 0.6) is 0 Å². The van der Waals surface area contributed by atoms with Crippen molar-refractivity contribution >= 4 is 11.4 Å². The van der Waals surface area contributed by atoms with Crippen LogP contribution in [0, 0.1) is 15.9 Å². The number of morpholine rings is 1. The molecule has 1 aliphatic heterocycles. The van der Waals surface area contributed by atoms with Crippen LogP contribution >= 0.6 is 0 Å². The molecule has 7 heteroatoms. The molecule has 2 unspecified atom stereocenters. The van der Waals surface area contributed by atoms with Gasteiger partial charge in [-0.3, -0.25) is 15.0 Å². The Kier molecular flexibility index (Phi) is 5.68. The lowest BCUT2D eigenvalue weighted by Crippen LogP contribution is -2.45. The number of benzene rings is 1. The van der Waals surface area contributed by atoms with Crippen molar-refractivity contribution in [1.29, 1.82) is 0 Å². The maximum absolute atomic E-state index is 13.1. The van der Waals surface area contributed by atoms with Crippen molar-refractivity contribution in [2.24, 2.45) is 0 Å². The Morgan fingerprint density at radius 3 is 2.73 bits per heavy atom. The average molecular weight is 311 g/mol. The molecule has 2 rings (SSSR count). The number of halogens is 1. The van der Waals surface area contributed by atoms with Crippen LogP contribution in [0.1, 0.15) is 20.3 Å². The highest BCUT2D eigenvalue weighted by molar-refractivity contribution is 5.61. The summed E-state index contributed by atoms with van der Waals surface area (Å²) in [6, 6.07) is 3.57. The van der Waals surface area contributed by atoms with E-state index in [9.17, 15) is 14.5 Å². The molecule has 22 heavy (non-hydrogen) atoms. The predicted molar refractivity (Wildman–Crippen MR) is 82.6 cm³/mol. The van der Waals surface area contributed by atoms with E-state index in [0.717, 1.165) is 32.1 Å². The smallest absolute Gasteiger partial charge is 0.295 e. The van der Waals surface area contributed by atoms with Gasteiger partial charge in [0.15, 0.2) is 0 Å². The molecule has 1 heterocycles. The zero-order valence-electron chi connectivity index (χ0n) is 12.9. The molecule has 1 fully saturated rings. The highest BCUT2D eigenvalue weighted by Gasteiger charge is 2.21. The molecule has 0 radical (unpaired) electrons. The second-order valence-electron chi connectivity index (χ2n) is 5.72. The van der Waals surface area contributed by atoms with Gasteiger partial charge < -0.3 is 10.1 Å². The summed E-state index contributed by atoms with van der Waals surface area (Å²) in [5, 5.41) is 13.9. The first-order valence-corrected chi connectivity index (χ1v) is 7.51. The topological polar surface area (TPSA) is 67.6 Å². The minimum absolute atomic E-state index is 0.228. The second kappa shape index (κ2) is 7.51. The van der Waals surface area contributed by atoms with Crippen molar-refractivity contribution in [2.45, 2.75) is 32.5 Å². The van der Waals surface area contributed by atoms with Crippen molar-refractivity contribution in [3.8, 4) is 0 Å². The van der Waals surface area contributed by atoms with E-state index in [-0.39, 0.29) is 17.9 Å². The molecule has 1 saturated heterocycles. The van der Waals surface area contributed by atoms with E-state index >= 15 is 0 Å². The van der Waals surface area contributed by atoms with Crippen LogP contribution in [0.2, 0.25) is 0 Å². The second-order valence-corrected chi connectivity index (χ2v) is 5.72. The minimum Gasteiger partial charge on any atom is -0.379 e. The van der Waals surface area contributed by atoms with Crippen LogP contribution in [0.4, 0.5) is 15.8 Å². The van der Waals surface area contributed by atoms with Gasteiger partial charge in [0.25, 0.3) is 5.69 Å². The van der Waals surface area contributed by atoms with E-state index in [2.05, 4.69) is 24.1 Å². The predicted octanol–water partition coefficient (Wildman–Crippen LogP) is 2.65. The zero-order chi connectivity index (χ0) is 16.1. The van der Waals surface area contributed by atoms with Gasteiger partial charge in [0, 0.05) is 26.2 Å². The summed E-state index contributed by atoms with van der Waals surface area (Å²) in [6.07, 6.45) is 1.32. The molecule has 122 valence electrons. The van der Waals surface area contributed by atoms with Crippen molar-refractivity contribution in [3.63, 3.8) is 0 Å². The molecule has 0 bridgehead atoms. The highest BCUT2D eigenvalue weighted by Crippen LogP contribution is 2.24. The zero-order valence-corrected chi connectivity index (χ0v) is 12.9. The largest absolute Gasteiger partial charge is 0.379 e. The molecular formula is C15H22FN3O3. The Morgan fingerprint density at radius 2 is 2.09 bits per heavy atom. The average Bonchev–Trinajstić information content (AvgIpc) is 2.43. The van der Waals surface area contributed by atoms with Crippen molar-refractivity contribution < 1.29 is 14.1 Å². The van der Waals surface area contributed by atoms with Gasteiger partial charge in [0.1, 0.15) is 11.5 Å². The van der Waals surface area contributed by atoms with Gasteiger partial charge in [0.2, 0.25) is 0 Å². The summed E-state index contributed by atoms with van der Waals surface area (Å²) in [5.41, 5.74) is 0.128. The van der Waals surface area contributed by atoms with E-state index in [1.165, 1.54) is 12.1 Å². The van der Waals surface area contributed by atoms with Gasteiger partial charge in [-0.05, 0) is 32.4 Å². The number of rotatable bonds is 6. The van der Waals surface area contributed by atoms with E-state index < -0.39 is 10.7 Å². The summed E-state index contributed by atoms with van der Waals surface area (Å²) >= 11 is 0. The number of nitro benzene ring substituents is 1. The fourth-order valence-electron chi connectivity index (χ4n) is 2.80. The molecule has 1 aromatic carbocycles. The van der Waals surface area contributed by atoms with E-state index in [1.54, 1.807) is 0 Å². The van der Waals surface area contributed by atoms with E-state index in [4.69, 9.17) is 4.74 Å². The first kappa shape index (κ1) is 16.6. The Balaban J connectivity index is 1.80. The van der Waals surface area contributed by atoms with E-state index in [1.807, 2.05) is 0 Å². The lowest BCUT2D eigenvalue weighted by molar-refractivity contribution is -0.384. The molecular weight excluding hydrogens is 289 g/mol. The normalized spacial score (nSPS) is 22.5. The summed E-state index contributed by atoms with van der Waals surface area (Å²) < 4.78 is 18.7. The molecule has 0 saturated carbocycles. The molecule has 0 amide bonds. The quantitative estimate of drug-likeness (QED) is 0.497. The lowest BCUT2D eigenvalue weighted by Gasteiger charge is -2.35. The Labute approximate surface area is 129 Å². The van der Waals surface area contributed by atoms with Crippen LogP contribution in [-0.4, -0.2) is 48.2 Å². The number of nitrogens with zero attached hydrogens (tertiary/aromatic N) is 2. The number of hydrogen-bond acceptors (Lipinski definition) is 5. The molecule has 1 aliphatic rings. The van der Waals surface area contributed by atoms with Gasteiger partial charge >= 0.3 is 0 Å². The number of ether oxygens (including phenoxy) is 1. The first-order valence-electron chi connectivity index (χ1n) is 7.51. The molecule has 0 aliphatic carbocycles. The first-order chi connectivity index (χ1) is 10.5. The Bertz CT molecular complexity index is 517. The fraction of sp³-hybridized carbons (Fsp3) is 0.600. The Morgan fingerprint density at radius 1 is 1.41 bits per heavy atom. The van der Waals surface area contributed by atoms with Crippen LogP contribution in [0.15, 0.2) is 18.2 Å². The maximum atomic E-state index is 13.1. The maximum Gasteiger partial charge on any atom is 0.295 e. The monoisotopic (exact) mass is 311 g/mol. The highest BCUT2D eigenvalue weighted by atomic mass is 19.1. The number of nitrogens with one attached hydrogen (secondary N) is 1. The number of nitro groups is 1. The van der Waals surface area contributed by atoms with E-state index in [0.29, 0.717) is 12.2 Å². The molecule has 1 aromatic rings. The number of hydrogen-bond donors (Lipinski definition) is 1. The minimum atomic E-state index is -0.603. The molecule has 2 atom stereocenters. The van der Waals surface area contributed by atoms with Crippen LogP contribution < -0.4 is 5.32 Å². The van der Waals surface area contributed by atoms with Crippen LogP contribution in [0.25, 0.3) is 0 Å². The summed E-state index contributed by atoms with van der Waals surface area (Å²) in [4.78, 5) is 12.7. The van der Waals surface area contributed by atoms with Gasteiger partial charge in [0.05, 0.1) is 23.2 Å². The van der Waals surface area contributed by atoms with Crippen LogP contribution in [-0.2, 0) is 4.74 Å². The lowest BCUT2D eigenvalue weighted by atomic mass is 10.2. The van der Waals surface area contributed by atoms with Gasteiger partial charge in [-0.2, -0.15) is 0 Å². The summed E-state index contributed by atoms with van der Waals surface area (Å²) in [6.45, 7) is 7.43. The third-order valence-corrected chi connectivity index (χ3v) is 3.62. The third-order valence-electron chi connectivity index (χ3n) is 3.62. The standard InChI is InChI=1S/C15H22FN3O3/c1-11-9-18(10-12(2)22-11)7-3-6-17-14-5-4-13(16)8-15(14)19(20)21/h4-5,8,11-12,17H,3,6-7,9-10H2,1-2H3. The van der Waals surface area contributed by atoms with Gasteiger partial charge in [-0.1, -0.05) is 0 Å². The van der Waals surface area contributed by atoms with Gasteiger partial charge in [-0.15, -0.1) is 0 Å². The fourth-order valence-corrected chi connectivity index (χ4v) is 2.80. The van der Waals surface area contributed by atoms with Crippen molar-refractivity contribution in [1.82, 2.24) is 4.90 Å². The SMILES string of the molecule is CC1CN(CCCNc2ccc(F)cc2[N+](=O)[O-])CC(C)O1. The van der Waals surface area contributed by atoms with Crippen LogP contribution in [0.3, 0.4) is 0 Å². The summed E-state index contributed by atoms with van der Waals surface area (Å²) in [5.74, 6) is -0.603. The molecule has 6 nitrogen and oxygen atoms in total. The molecule has 0 aromatic heterocycles. The molecule has 1 N–H and O–H groups in total. The van der Waals surface area contributed by atoms with Crippen molar-refractivity contribution in [2.75, 3.05) is 31.5 Å². The van der Waals surface area contributed by atoms with Crippen molar-refractivity contribution in [3.05, 3.63) is 34.1 Å². The Hall–Kier alpha value is -1.73. The number of anilines is 1. The third kappa shape index (κ3) is 4.64.